The molecule has 0 saturated carbocycles. The first-order chi connectivity index (χ1) is 16.6. The van der Waals surface area contributed by atoms with Crippen LogP contribution in [-0.2, 0) is 21.2 Å². The molecular weight excluding hydrogens is 490 g/mol. The number of benzene rings is 2. The van der Waals surface area contributed by atoms with E-state index in [-0.39, 0.29) is 27.2 Å². The molecule has 0 fully saturated rings. The van der Waals surface area contributed by atoms with E-state index in [1.807, 2.05) is 13.8 Å². The highest BCUT2D eigenvalue weighted by Crippen LogP contribution is 2.32. The van der Waals surface area contributed by atoms with Crippen LogP contribution in [-0.4, -0.2) is 20.4 Å². The molecule has 0 aliphatic carbocycles. The first-order valence-corrected chi connectivity index (χ1v) is 13.5. The minimum absolute atomic E-state index is 0.0113. The van der Waals surface area contributed by atoms with Gasteiger partial charge in [0.1, 0.15) is 11.6 Å². The number of ether oxygens (including phenoxy) is 1. The summed E-state index contributed by atoms with van der Waals surface area (Å²) in [5.41, 5.74) is 1.46. The lowest BCUT2D eigenvalue weighted by atomic mass is 10.0. The van der Waals surface area contributed by atoms with Crippen LogP contribution in [0.3, 0.4) is 0 Å². The van der Waals surface area contributed by atoms with E-state index in [0.717, 1.165) is 24.0 Å². The fourth-order valence-corrected chi connectivity index (χ4v) is 5.13. The monoisotopic (exact) mass is 519 g/mol. The number of nitrogens with one attached hydrogen (secondary N) is 1. The summed E-state index contributed by atoms with van der Waals surface area (Å²) in [5.74, 6) is -1.18. The van der Waals surface area contributed by atoms with E-state index >= 15 is 0 Å². The molecule has 2 aromatic carbocycles. The molecule has 188 valence electrons. The van der Waals surface area contributed by atoms with E-state index in [1.54, 1.807) is 25.1 Å². The molecule has 2 atom stereocenters. The van der Waals surface area contributed by atoms with Crippen molar-refractivity contribution < 1.29 is 22.4 Å². The van der Waals surface area contributed by atoms with Crippen molar-refractivity contribution in [1.82, 2.24) is 4.72 Å². The van der Waals surface area contributed by atoms with Gasteiger partial charge in [0.05, 0.1) is 9.92 Å². The summed E-state index contributed by atoms with van der Waals surface area (Å²) in [6.45, 7) is 7.51. The van der Waals surface area contributed by atoms with Crippen LogP contribution >= 0.6 is 11.6 Å². The normalized spacial score (nSPS) is 13.5. The fraction of sp³-hybridized carbons (Fsp3) is 0.385. The summed E-state index contributed by atoms with van der Waals surface area (Å²) < 4.78 is 39.2. The van der Waals surface area contributed by atoms with Crippen LogP contribution in [0.2, 0.25) is 5.02 Å². The van der Waals surface area contributed by atoms with Gasteiger partial charge in [0, 0.05) is 17.5 Å². The van der Waals surface area contributed by atoms with Crippen LogP contribution in [0.5, 0.6) is 5.75 Å². The highest BCUT2D eigenvalue weighted by Gasteiger charge is 2.32. The second-order valence-corrected chi connectivity index (χ2v) is 10.8. The third-order valence-corrected chi connectivity index (χ3v) is 7.73. The van der Waals surface area contributed by atoms with Crippen LogP contribution in [0.4, 0.5) is 0 Å². The van der Waals surface area contributed by atoms with Crippen LogP contribution in [0.1, 0.15) is 51.2 Å². The standard InChI is InChI=1S/C26H30ClNO6S/c1-5-7-8-18-13-24(29)33-22-15-23(21(27)14-20(18)22)34-26(30)25(17(4)6-2)28-35(31,32)19-11-9-16(3)10-12-19/h9-15,17,25,28H,5-8H2,1-4H3/t17-,25-/m1/s1. The molecule has 1 aromatic heterocycles. The summed E-state index contributed by atoms with van der Waals surface area (Å²) in [5, 5.41) is 0.822. The Morgan fingerprint density at radius 1 is 1.14 bits per heavy atom. The maximum atomic E-state index is 13.1. The number of rotatable bonds is 10. The molecule has 3 aromatic rings. The molecule has 0 spiro atoms. The number of esters is 1. The molecular formula is C26H30ClNO6S. The summed E-state index contributed by atoms with van der Waals surface area (Å²) >= 11 is 6.42. The average Bonchev–Trinajstić information content (AvgIpc) is 2.81. The Balaban J connectivity index is 1.92. The van der Waals surface area contributed by atoms with Gasteiger partial charge >= 0.3 is 11.6 Å². The Labute approximate surface area is 210 Å². The second-order valence-electron chi connectivity index (χ2n) is 8.69. The van der Waals surface area contributed by atoms with Crippen molar-refractivity contribution in [3.63, 3.8) is 0 Å². The van der Waals surface area contributed by atoms with Crippen molar-refractivity contribution in [2.75, 3.05) is 0 Å². The molecule has 0 amide bonds. The molecule has 1 heterocycles. The smallest absolute Gasteiger partial charge is 0.336 e. The third-order valence-electron chi connectivity index (χ3n) is 5.97. The van der Waals surface area contributed by atoms with E-state index < -0.39 is 27.7 Å². The molecule has 0 aliphatic heterocycles. The number of carbonyl (C=O) groups is 1. The Morgan fingerprint density at radius 2 is 1.83 bits per heavy atom. The van der Waals surface area contributed by atoms with E-state index in [9.17, 15) is 18.0 Å². The number of fused-ring (bicyclic) bond motifs is 1. The number of halogens is 1. The van der Waals surface area contributed by atoms with Gasteiger partial charge in [-0.05, 0) is 49.4 Å². The lowest BCUT2D eigenvalue weighted by molar-refractivity contribution is -0.137. The van der Waals surface area contributed by atoms with Gasteiger partial charge in [-0.15, -0.1) is 0 Å². The van der Waals surface area contributed by atoms with E-state index in [1.165, 1.54) is 24.3 Å². The maximum Gasteiger partial charge on any atom is 0.336 e. The largest absolute Gasteiger partial charge is 0.424 e. The minimum atomic E-state index is -3.98. The Hall–Kier alpha value is -2.68. The van der Waals surface area contributed by atoms with Gasteiger partial charge < -0.3 is 9.15 Å². The molecule has 0 saturated heterocycles. The van der Waals surface area contributed by atoms with Gasteiger partial charge in [0.15, 0.2) is 5.75 Å². The van der Waals surface area contributed by atoms with Gasteiger partial charge in [0.25, 0.3) is 0 Å². The van der Waals surface area contributed by atoms with Crippen molar-refractivity contribution in [1.29, 1.82) is 0 Å². The van der Waals surface area contributed by atoms with Crippen molar-refractivity contribution >= 4 is 38.6 Å². The zero-order chi connectivity index (χ0) is 25.8. The highest BCUT2D eigenvalue weighted by atomic mass is 35.5. The number of sulfonamides is 1. The minimum Gasteiger partial charge on any atom is -0.424 e. The summed E-state index contributed by atoms with van der Waals surface area (Å²) in [7, 11) is -3.98. The number of aryl methyl sites for hydroxylation is 2. The number of hydrogen-bond donors (Lipinski definition) is 1. The van der Waals surface area contributed by atoms with E-state index in [0.29, 0.717) is 18.2 Å². The summed E-state index contributed by atoms with van der Waals surface area (Å²) in [6.07, 6.45) is 3.06. The number of unbranched alkanes of at least 4 members (excludes halogenated alkanes) is 1. The van der Waals surface area contributed by atoms with Crippen molar-refractivity contribution in [2.24, 2.45) is 5.92 Å². The molecule has 9 heteroatoms. The van der Waals surface area contributed by atoms with Crippen LogP contribution in [0.15, 0.2) is 56.6 Å². The third kappa shape index (κ3) is 6.51. The predicted molar refractivity (Wildman–Crippen MR) is 136 cm³/mol. The van der Waals surface area contributed by atoms with Gasteiger partial charge in [0.2, 0.25) is 10.0 Å². The van der Waals surface area contributed by atoms with Crippen LogP contribution in [0.25, 0.3) is 11.0 Å². The van der Waals surface area contributed by atoms with Crippen LogP contribution in [0, 0.1) is 12.8 Å². The Bertz CT molecular complexity index is 1370. The number of hydrogen-bond acceptors (Lipinski definition) is 6. The molecule has 35 heavy (non-hydrogen) atoms. The topological polar surface area (TPSA) is 103 Å². The highest BCUT2D eigenvalue weighted by molar-refractivity contribution is 7.89. The summed E-state index contributed by atoms with van der Waals surface area (Å²) in [4.78, 5) is 25.2. The molecule has 1 N–H and O–H groups in total. The first kappa shape index (κ1) is 26.9. The molecule has 0 bridgehead atoms. The van der Waals surface area contributed by atoms with E-state index in [2.05, 4.69) is 11.6 Å². The quantitative estimate of drug-likeness (QED) is 0.219. The summed E-state index contributed by atoms with van der Waals surface area (Å²) in [6, 6.07) is 9.62. The average molecular weight is 520 g/mol. The molecule has 7 nitrogen and oxygen atoms in total. The lowest BCUT2D eigenvalue weighted by Crippen LogP contribution is -2.46. The fourth-order valence-electron chi connectivity index (χ4n) is 3.64. The SMILES string of the molecule is CCCCc1cc(=O)oc2cc(OC(=O)[C@H](NS(=O)(=O)c3ccc(C)cc3)[C@H](C)CC)c(Cl)cc12. The second kappa shape index (κ2) is 11.4. The lowest BCUT2D eigenvalue weighted by Gasteiger charge is -2.23. The van der Waals surface area contributed by atoms with Crippen molar-refractivity contribution in [3.8, 4) is 5.75 Å². The van der Waals surface area contributed by atoms with Crippen molar-refractivity contribution in [2.45, 2.75) is 64.3 Å². The van der Waals surface area contributed by atoms with Gasteiger partial charge in [-0.1, -0.05) is 62.9 Å². The predicted octanol–water partition coefficient (Wildman–Crippen LogP) is 5.40. The molecule has 0 radical (unpaired) electrons. The molecule has 0 aliphatic rings. The van der Waals surface area contributed by atoms with Gasteiger partial charge in [-0.2, -0.15) is 4.72 Å². The Kier molecular flexibility index (Phi) is 8.74. The first-order valence-electron chi connectivity index (χ1n) is 11.6. The maximum absolute atomic E-state index is 13.1. The molecule has 0 unspecified atom stereocenters. The van der Waals surface area contributed by atoms with Gasteiger partial charge in [-0.3, -0.25) is 0 Å². The number of carbonyl (C=O) groups excluding carboxylic acids is 1. The van der Waals surface area contributed by atoms with Crippen molar-refractivity contribution in [3.05, 3.63) is 69.0 Å². The zero-order valence-electron chi connectivity index (χ0n) is 20.3. The zero-order valence-corrected chi connectivity index (χ0v) is 21.8. The Morgan fingerprint density at radius 3 is 2.46 bits per heavy atom. The van der Waals surface area contributed by atoms with Crippen LogP contribution < -0.4 is 15.1 Å². The molecule has 3 rings (SSSR count). The van der Waals surface area contributed by atoms with E-state index in [4.69, 9.17) is 20.8 Å². The van der Waals surface area contributed by atoms with Gasteiger partial charge in [-0.25, -0.2) is 18.0 Å².